The molecule has 1 aromatic carbocycles. The number of ether oxygens (including phenoxy) is 3. The molecule has 0 radical (unpaired) electrons. The molecule has 0 aliphatic carbocycles. The van der Waals surface area contributed by atoms with E-state index in [-0.39, 0.29) is 0 Å². The highest BCUT2D eigenvalue weighted by Gasteiger charge is 2.43. The van der Waals surface area contributed by atoms with Crippen molar-refractivity contribution < 1.29 is 24.1 Å². The van der Waals surface area contributed by atoms with Gasteiger partial charge in [0.15, 0.2) is 11.5 Å². The van der Waals surface area contributed by atoms with Gasteiger partial charge in [0.2, 0.25) is 5.75 Å². The first kappa shape index (κ1) is 16.4. The molecule has 0 atom stereocenters. The van der Waals surface area contributed by atoms with Crippen LogP contribution in [0.15, 0.2) is 12.1 Å². The zero-order valence-corrected chi connectivity index (χ0v) is 13.5. The molecule has 0 amide bonds. The Morgan fingerprint density at radius 3 is 1.95 bits per heavy atom. The number of benzene rings is 1. The molecule has 2 rings (SSSR count). The van der Waals surface area contributed by atoms with Gasteiger partial charge in [0.05, 0.1) is 26.7 Å². The minimum Gasteiger partial charge on any atom is -0.493 e. The number of likely N-dealkylation sites (tertiary alicyclic amines) is 1. The SMILES string of the molecule is COc1cc(C2(C(=O)O)CCN(C)CC2)cc(OC)c1OC. The van der Waals surface area contributed by atoms with E-state index < -0.39 is 11.4 Å². The minimum absolute atomic E-state index is 0.474. The van der Waals surface area contributed by atoms with Gasteiger partial charge in [-0.2, -0.15) is 0 Å². The van der Waals surface area contributed by atoms with Gasteiger partial charge < -0.3 is 24.2 Å². The molecule has 6 nitrogen and oxygen atoms in total. The highest BCUT2D eigenvalue weighted by molar-refractivity contribution is 5.82. The molecule has 22 heavy (non-hydrogen) atoms. The summed E-state index contributed by atoms with van der Waals surface area (Å²) in [6, 6.07) is 3.50. The monoisotopic (exact) mass is 309 g/mol. The molecule has 1 aliphatic rings. The topological polar surface area (TPSA) is 68.2 Å². The molecule has 1 fully saturated rings. The third kappa shape index (κ3) is 2.70. The van der Waals surface area contributed by atoms with Crippen LogP contribution in [0.25, 0.3) is 0 Å². The molecule has 0 unspecified atom stereocenters. The number of hydrogen-bond donors (Lipinski definition) is 1. The Morgan fingerprint density at radius 2 is 1.59 bits per heavy atom. The fourth-order valence-electron chi connectivity index (χ4n) is 2.98. The van der Waals surface area contributed by atoms with Crippen molar-refractivity contribution in [1.29, 1.82) is 0 Å². The van der Waals surface area contributed by atoms with Gasteiger partial charge in [-0.1, -0.05) is 0 Å². The number of rotatable bonds is 5. The summed E-state index contributed by atoms with van der Waals surface area (Å²) in [4.78, 5) is 14.1. The average molecular weight is 309 g/mol. The molecule has 1 heterocycles. The van der Waals surface area contributed by atoms with Crippen LogP contribution in [-0.2, 0) is 10.2 Å². The fraction of sp³-hybridized carbons (Fsp3) is 0.562. The lowest BCUT2D eigenvalue weighted by Crippen LogP contribution is -2.46. The number of piperidine rings is 1. The van der Waals surface area contributed by atoms with Crippen LogP contribution < -0.4 is 14.2 Å². The van der Waals surface area contributed by atoms with Crippen LogP contribution >= 0.6 is 0 Å². The van der Waals surface area contributed by atoms with E-state index in [1.807, 2.05) is 7.05 Å². The van der Waals surface area contributed by atoms with Crippen LogP contribution in [0.4, 0.5) is 0 Å². The summed E-state index contributed by atoms with van der Waals surface area (Å²) in [6.45, 7) is 1.48. The predicted octanol–water partition coefficient (Wildman–Crippen LogP) is 1.76. The maximum atomic E-state index is 12.0. The summed E-state index contributed by atoms with van der Waals surface area (Å²) in [5, 5.41) is 9.85. The van der Waals surface area contributed by atoms with E-state index in [1.165, 1.54) is 21.3 Å². The number of hydrogen-bond acceptors (Lipinski definition) is 5. The van der Waals surface area contributed by atoms with Gasteiger partial charge in [-0.3, -0.25) is 4.79 Å². The Labute approximate surface area is 130 Å². The summed E-state index contributed by atoms with van der Waals surface area (Å²) >= 11 is 0. The van der Waals surface area contributed by atoms with E-state index in [9.17, 15) is 9.90 Å². The maximum absolute atomic E-state index is 12.0. The van der Waals surface area contributed by atoms with Gasteiger partial charge in [0.1, 0.15) is 0 Å². The molecular formula is C16H23NO5. The molecule has 1 aromatic rings. The molecule has 0 spiro atoms. The predicted molar refractivity (Wildman–Crippen MR) is 82.1 cm³/mol. The fourth-order valence-corrected chi connectivity index (χ4v) is 2.98. The summed E-state index contributed by atoms with van der Waals surface area (Å²) in [5.74, 6) is 0.630. The third-order valence-electron chi connectivity index (χ3n) is 4.47. The Balaban J connectivity index is 2.55. The van der Waals surface area contributed by atoms with Crippen molar-refractivity contribution in [3.63, 3.8) is 0 Å². The Hall–Kier alpha value is -1.95. The van der Waals surface area contributed by atoms with Gasteiger partial charge in [0, 0.05) is 0 Å². The van der Waals surface area contributed by atoms with Crippen molar-refractivity contribution in [2.24, 2.45) is 0 Å². The second kappa shape index (κ2) is 6.44. The third-order valence-corrected chi connectivity index (χ3v) is 4.47. The van der Waals surface area contributed by atoms with Crippen LogP contribution in [0, 0.1) is 0 Å². The highest BCUT2D eigenvalue weighted by atomic mass is 16.5. The number of carbonyl (C=O) groups is 1. The van der Waals surface area contributed by atoms with E-state index in [0.717, 1.165) is 13.1 Å². The molecular weight excluding hydrogens is 286 g/mol. The lowest BCUT2D eigenvalue weighted by atomic mass is 9.72. The summed E-state index contributed by atoms with van der Waals surface area (Å²) in [5.41, 5.74) is -0.220. The normalized spacial score (nSPS) is 17.8. The molecule has 1 N–H and O–H groups in total. The van der Waals surface area contributed by atoms with E-state index >= 15 is 0 Å². The zero-order valence-electron chi connectivity index (χ0n) is 13.5. The lowest BCUT2D eigenvalue weighted by molar-refractivity contribution is -0.145. The minimum atomic E-state index is -0.917. The van der Waals surface area contributed by atoms with Crippen molar-refractivity contribution in [3.8, 4) is 17.2 Å². The summed E-state index contributed by atoms with van der Waals surface area (Å²) in [7, 11) is 6.59. The number of aliphatic carboxylic acids is 1. The van der Waals surface area contributed by atoms with Crippen LogP contribution in [0.1, 0.15) is 18.4 Å². The van der Waals surface area contributed by atoms with Gasteiger partial charge in [-0.05, 0) is 50.7 Å². The smallest absolute Gasteiger partial charge is 0.314 e. The quantitative estimate of drug-likeness (QED) is 0.894. The summed E-state index contributed by atoms with van der Waals surface area (Å²) < 4.78 is 16.0. The highest BCUT2D eigenvalue weighted by Crippen LogP contribution is 2.44. The van der Waals surface area contributed by atoms with Crippen molar-refractivity contribution in [3.05, 3.63) is 17.7 Å². The standard InChI is InChI=1S/C16H23NO5/c1-17-7-5-16(6-8-17,15(18)19)11-9-12(20-2)14(22-4)13(10-11)21-3/h9-10H,5-8H2,1-4H3,(H,18,19). The number of nitrogens with zero attached hydrogens (tertiary/aromatic N) is 1. The number of methoxy groups -OCH3 is 3. The van der Waals surface area contributed by atoms with E-state index in [0.29, 0.717) is 35.7 Å². The van der Waals surface area contributed by atoms with E-state index in [4.69, 9.17) is 14.2 Å². The van der Waals surface area contributed by atoms with Crippen molar-refractivity contribution in [2.45, 2.75) is 18.3 Å². The Kier molecular flexibility index (Phi) is 4.81. The van der Waals surface area contributed by atoms with E-state index in [1.54, 1.807) is 12.1 Å². The average Bonchev–Trinajstić information content (AvgIpc) is 2.54. The molecule has 6 heteroatoms. The largest absolute Gasteiger partial charge is 0.493 e. The van der Waals surface area contributed by atoms with Crippen molar-refractivity contribution >= 4 is 5.97 Å². The van der Waals surface area contributed by atoms with E-state index in [2.05, 4.69) is 4.90 Å². The second-order valence-corrected chi connectivity index (χ2v) is 5.60. The number of carboxylic acids is 1. The van der Waals surface area contributed by atoms with Gasteiger partial charge >= 0.3 is 5.97 Å². The lowest BCUT2D eigenvalue weighted by Gasteiger charge is -2.38. The van der Waals surface area contributed by atoms with Crippen LogP contribution in [-0.4, -0.2) is 57.4 Å². The number of carboxylic acid groups (broad SMARTS) is 1. The van der Waals surface area contributed by atoms with Crippen LogP contribution in [0.5, 0.6) is 17.2 Å². The molecule has 0 bridgehead atoms. The maximum Gasteiger partial charge on any atom is 0.314 e. The van der Waals surface area contributed by atoms with Gasteiger partial charge in [-0.25, -0.2) is 0 Å². The van der Waals surface area contributed by atoms with Crippen molar-refractivity contribution in [1.82, 2.24) is 4.90 Å². The first-order valence-electron chi connectivity index (χ1n) is 7.21. The van der Waals surface area contributed by atoms with Gasteiger partial charge in [0.25, 0.3) is 0 Å². The molecule has 0 saturated carbocycles. The molecule has 122 valence electrons. The van der Waals surface area contributed by atoms with Crippen molar-refractivity contribution in [2.75, 3.05) is 41.5 Å². The molecule has 1 saturated heterocycles. The van der Waals surface area contributed by atoms with Crippen LogP contribution in [0.2, 0.25) is 0 Å². The van der Waals surface area contributed by atoms with Gasteiger partial charge in [-0.15, -0.1) is 0 Å². The molecule has 1 aliphatic heterocycles. The first-order chi connectivity index (χ1) is 10.5. The Morgan fingerprint density at radius 1 is 1.09 bits per heavy atom. The Bertz CT molecular complexity index is 524. The zero-order chi connectivity index (χ0) is 16.3. The first-order valence-corrected chi connectivity index (χ1v) is 7.21. The molecule has 0 aromatic heterocycles. The summed E-state index contributed by atoms with van der Waals surface area (Å²) in [6.07, 6.45) is 1.11. The van der Waals surface area contributed by atoms with Crippen LogP contribution in [0.3, 0.4) is 0 Å². The second-order valence-electron chi connectivity index (χ2n) is 5.60.